The van der Waals surface area contributed by atoms with E-state index in [0.717, 1.165) is 0 Å². The summed E-state index contributed by atoms with van der Waals surface area (Å²) in [6.45, 7) is -0.424. The van der Waals surface area contributed by atoms with Crippen molar-refractivity contribution in [3.8, 4) is 0 Å². The summed E-state index contributed by atoms with van der Waals surface area (Å²) in [6, 6.07) is 0. The molecule has 0 aromatic carbocycles. The molecule has 0 aliphatic carbocycles. The van der Waals surface area contributed by atoms with Crippen LogP contribution < -0.4 is 0 Å². The number of aliphatic hydroxyl groups is 4. The number of hydrogen-bond donors (Lipinski definition) is 4. The number of aliphatic hydroxyl groups excluding tert-OH is 4. The molecule has 0 bridgehead atoms. The number of hydrogen-bond acceptors (Lipinski definition) is 6. The van der Waals surface area contributed by atoms with Gasteiger partial charge < -0.3 is 29.6 Å². The summed E-state index contributed by atoms with van der Waals surface area (Å²) in [6.07, 6.45) is -5.76. The van der Waals surface area contributed by atoms with Gasteiger partial charge in [-0.3, -0.25) is 0 Å². The van der Waals surface area contributed by atoms with E-state index < -0.39 is 37.3 Å². The van der Waals surface area contributed by atoms with Crippen molar-refractivity contribution in [2.24, 2.45) is 0 Å². The minimum absolute atomic E-state index is 0.337. The van der Waals surface area contributed by atoms with Gasteiger partial charge in [0.25, 0.3) is 0 Å². The molecule has 0 aromatic heterocycles. The first-order chi connectivity index (χ1) is 6.11. The highest BCUT2D eigenvalue weighted by Gasteiger charge is 2.43. The second kappa shape index (κ2) is 4.47. The Morgan fingerprint density at radius 2 is 1.77 bits per heavy atom. The first-order valence-corrected chi connectivity index (χ1v) is 4.76. The molecule has 1 aliphatic rings. The van der Waals surface area contributed by atoms with Crippen molar-refractivity contribution in [1.82, 2.24) is 0 Å². The van der Waals surface area contributed by atoms with Crippen LogP contribution in [0.1, 0.15) is 0 Å². The fraction of sp³-hybridized carbons (Fsp3) is 1.00. The lowest BCUT2D eigenvalue weighted by molar-refractivity contribution is -0.277. The Balaban J connectivity index is 2.66. The van der Waals surface area contributed by atoms with E-state index in [1.165, 1.54) is 0 Å². The van der Waals surface area contributed by atoms with Crippen LogP contribution in [0.5, 0.6) is 0 Å². The molecular weight excluding hydrogens is 196 g/mol. The summed E-state index contributed by atoms with van der Waals surface area (Å²) >= 11 is 0. The normalized spacial score (nSPS) is 46.6. The molecule has 1 unspecified atom stereocenters. The maximum absolute atomic E-state index is 9.30. The van der Waals surface area contributed by atoms with Crippen molar-refractivity contribution in [2.75, 3.05) is 6.61 Å². The quantitative estimate of drug-likeness (QED) is 0.348. The Kier molecular flexibility index (Phi) is 3.80. The third-order valence-corrected chi connectivity index (χ3v) is 2.55. The van der Waals surface area contributed by atoms with Crippen LogP contribution in [0, 0.1) is 0 Å². The molecule has 7 heteroatoms. The third kappa shape index (κ3) is 2.07. The van der Waals surface area contributed by atoms with Gasteiger partial charge in [-0.15, -0.1) is 0 Å². The van der Waals surface area contributed by atoms with Crippen LogP contribution in [0.25, 0.3) is 0 Å². The summed E-state index contributed by atoms with van der Waals surface area (Å²) in [7, 11) is 0.337. The summed E-state index contributed by atoms with van der Waals surface area (Å²) < 4.78 is 9.82. The summed E-state index contributed by atoms with van der Waals surface area (Å²) in [5, 5.41) is 36.6. The van der Waals surface area contributed by atoms with E-state index in [4.69, 9.17) is 14.3 Å². The van der Waals surface area contributed by atoms with Crippen LogP contribution >= 0.6 is 0 Å². The van der Waals surface area contributed by atoms with Crippen molar-refractivity contribution in [3.05, 3.63) is 0 Å². The standard InChI is InChI=1S/C6H14O6Si/c7-1-2-3(8)4(9)5(10)6(11-2)12-13/h2-10H,1H2,13H3/t2-,3-,4+,5+,6?/m1/s1. The lowest BCUT2D eigenvalue weighted by Gasteiger charge is -2.39. The highest BCUT2D eigenvalue weighted by Crippen LogP contribution is 2.20. The zero-order chi connectivity index (χ0) is 10.0. The minimum atomic E-state index is -1.34. The monoisotopic (exact) mass is 210 g/mol. The van der Waals surface area contributed by atoms with Gasteiger partial charge in [0.2, 0.25) is 0 Å². The van der Waals surface area contributed by atoms with Gasteiger partial charge in [0, 0.05) is 0 Å². The van der Waals surface area contributed by atoms with Gasteiger partial charge in [-0.1, -0.05) is 0 Å². The molecule has 78 valence electrons. The molecule has 0 aromatic rings. The van der Waals surface area contributed by atoms with Gasteiger partial charge in [-0.25, -0.2) is 0 Å². The van der Waals surface area contributed by atoms with Crippen LogP contribution in [0.3, 0.4) is 0 Å². The van der Waals surface area contributed by atoms with Crippen molar-refractivity contribution in [3.63, 3.8) is 0 Å². The van der Waals surface area contributed by atoms with Crippen LogP contribution in [-0.4, -0.2) is 68.2 Å². The number of rotatable bonds is 2. The van der Waals surface area contributed by atoms with E-state index in [2.05, 4.69) is 0 Å². The van der Waals surface area contributed by atoms with Gasteiger partial charge in [0.1, 0.15) is 34.9 Å². The molecule has 4 N–H and O–H groups in total. The first kappa shape index (κ1) is 11.1. The van der Waals surface area contributed by atoms with Gasteiger partial charge in [0.15, 0.2) is 6.29 Å². The molecule has 1 aliphatic heterocycles. The van der Waals surface area contributed by atoms with Gasteiger partial charge in [-0.2, -0.15) is 0 Å². The van der Waals surface area contributed by atoms with Crippen molar-refractivity contribution in [2.45, 2.75) is 30.7 Å². The molecule has 1 fully saturated rings. The molecule has 1 saturated heterocycles. The molecule has 0 spiro atoms. The SMILES string of the molecule is OC[C@H]1OC(O[SiH3])[C@@H](O)[C@@H](O)[C@@H]1O. The summed E-state index contributed by atoms with van der Waals surface area (Å²) in [5.41, 5.74) is 0. The zero-order valence-electron chi connectivity index (χ0n) is 7.20. The smallest absolute Gasteiger partial charge is 0.176 e. The first-order valence-electron chi connectivity index (χ1n) is 3.95. The Hall–Kier alpha value is -0.0231. The molecule has 0 radical (unpaired) electrons. The molecule has 6 nitrogen and oxygen atoms in total. The highest BCUT2D eigenvalue weighted by atomic mass is 28.2. The van der Waals surface area contributed by atoms with Crippen LogP contribution in [0.15, 0.2) is 0 Å². The topological polar surface area (TPSA) is 99.4 Å². The Morgan fingerprint density at radius 3 is 2.23 bits per heavy atom. The van der Waals surface area contributed by atoms with Crippen LogP contribution in [0.2, 0.25) is 0 Å². The second-order valence-electron chi connectivity index (χ2n) is 2.93. The van der Waals surface area contributed by atoms with Gasteiger partial charge >= 0.3 is 0 Å². The van der Waals surface area contributed by atoms with Crippen molar-refractivity contribution >= 4 is 10.5 Å². The van der Waals surface area contributed by atoms with E-state index in [-0.39, 0.29) is 0 Å². The molecular formula is C6H14O6Si. The zero-order valence-corrected chi connectivity index (χ0v) is 9.20. The fourth-order valence-corrected chi connectivity index (χ4v) is 1.65. The van der Waals surface area contributed by atoms with E-state index >= 15 is 0 Å². The van der Waals surface area contributed by atoms with E-state index in [1.807, 2.05) is 0 Å². The lowest BCUT2D eigenvalue weighted by atomic mass is 10.00. The largest absolute Gasteiger partial charge is 0.402 e. The van der Waals surface area contributed by atoms with Crippen molar-refractivity contribution in [1.29, 1.82) is 0 Å². The van der Waals surface area contributed by atoms with E-state index in [0.29, 0.717) is 10.5 Å². The maximum atomic E-state index is 9.30. The fourth-order valence-electron chi connectivity index (χ4n) is 1.26. The molecule has 1 heterocycles. The van der Waals surface area contributed by atoms with Crippen LogP contribution in [-0.2, 0) is 9.16 Å². The lowest BCUT2D eigenvalue weighted by Crippen LogP contribution is -2.59. The Labute approximate surface area is 78.3 Å². The van der Waals surface area contributed by atoms with E-state index in [1.54, 1.807) is 0 Å². The molecule has 0 saturated carbocycles. The molecule has 5 atom stereocenters. The van der Waals surface area contributed by atoms with Gasteiger partial charge in [0.05, 0.1) is 6.61 Å². The van der Waals surface area contributed by atoms with Gasteiger partial charge in [-0.05, 0) is 0 Å². The average molecular weight is 210 g/mol. The Bertz CT molecular complexity index is 147. The second-order valence-corrected chi connectivity index (χ2v) is 3.40. The molecule has 13 heavy (non-hydrogen) atoms. The third-order valence-electron chi connectivity index (χ3n) is 2.08. The van der Waals surface area contributed by atoms with Crippen molar-refractivity contribution < 1.29 is 29.6 Å². The maximum Gasteiger partial charge on any atom is 0.176 e. The molecule has 0 amide bonds. The summed E-state index contributed by atoms with van der Waals surface area (Å²) in [4.78, 5) is 0. The predicted octanol–water partition coefficient (Wildman–Crippen LogP) is -3.92. The Morgan fingerprint density at radius 1 is 1.15 bits per heavy atom. The number of ether oxygens (including phenoxy) is 1. The average Bonchev–Trinajstić information content (AvgIpc) is 2.15. The molecule has 1 rings (SSSR count). The summed E-state index contributed by atoms with van der Waals surface area (Å²) in [5.74, 6) is 0. The predicted molar refractivity (Wildman–Crippen MR) is 44.8 cm³/mol. The van der Waals surface area contributed by atoms with Crippen LogP contribution in [0.4, 0.5) is 0 Å². The highest BCUT2D eigenvalue weighted by molar-refractivity contribution is 5.98. The van der Waals surface area contributed by atoms with E-state index in [9.17, 15) is 15.3 Å². The minimum Gasteiger partial charge on any atom is -0.402 e.